The molecule has 0 aromatic carbocycles. The van der Waals surface area contributed by atoms with Crippen LogP contribution >= 0.6 is 0 Å². The van der Waals surface area contributed by atoms with Gasteiger partial charge in [-0.15, -0.1) is 0 Å². The Labute approximate surface area is 113 Å². The molecule has 16 heavy (non-hydrogen) atoms. The van der Waals surface area contributed by atoms with Gasteiger partial charge in [0, 0.05) is 6.61 Å². The summed E-state index contributed by atoms with van der Waals surface area (Å²) in [7, 11) is -2.42. The molecule has 0 radical (unpaired) electrons. The van der Waals surface area contributed by atoms with Gasteiger partial charge in [-0.25, -0.2) is 9.59 Å². The molecular weight excluding hydrogens is 238 g/mol. The van der Waals surface area contributed by atoms with Gasteiger partial charge in [0.1, 0.15) is 0 Å². The molecule has 0 spiro atoms. The normalized spacial score (nSPS) is 8.00. The van der Waals surface area contributed by atoms with Crippen molar-refractivity contribution in [3.63, 3.8) is 0 Å². The van der Waals surface area contributed by atoms with Crippen molar-refractivity contribution in [3.05, 3.63) is 0 Å². The van der Waals surface area contributed by atoms with Gasteiger partial charge in [-0.05, 0) is 6.92 Å². The standard InChI is InChI=1S/C5H8O6.BH2O3.Na/c1-2-9-3-10-11-5(8)4(6)7;2-1(3)4;/h2-3H2,1H3,(H,6,7);2-3H;/q;-1;+1. The van der Waals surface area contributed by atoms with Gasteiger partial charge in [-0.1, -0.05) is 0 Å². The minimum Gasteiger partial charge on any atom is -0.832 e. The van der Waals surface area contributed by atoms with E-state index >= 15 is 0 Å². The summed E-state index contributed by atoms with van der Waals surface area (Å²) in [5.74, 6) is -3.17. The second-order valence-electron chi connectivity index (χ2n) is 1.73. The molecule has 0 bridgehead atoms. The van der Waals surface area contributed by atoms with Crippen LogP contribution in [0.15, 0.2) is 0 Å². The van der Waals surface area contributed by atoms with E-state index in [0.717, 1.165) is 0 Å². The van der Waals surface area contributed by atoms with E-state index < -0.39 is 19.3 Å². The molecule has 0 heterocycles. The van der Waals surface area contributed by atoms with E-state index in [-0.39, 0.29) is 36.4 Å². The van der Waals surface area contributed by atoms with Crippen molar-refractivity contribution in [1.82, 2.24) is 0 Å². The maximum absolute atomic E-state index is 10.1. The van der Waals surface area contributed by atoms with Crippen molar-refractivity contribution in [2.24, 2.45) is 0 Å². The molecule has 9 nitrogen and oxygen atoms in total. The Morgan fingerprint density at radius 2 is 1.81 bits per heavy atom. The number of aliphatic carboxylic acids is 1. The third kappa shape index (κ3) is 23.5. The Morgan fingerprint density at radius 1 is 1.38 bits per heavy atom. The van der Waals surface area contributed by atoms with Crippen molar-refractivity contribution in [3.8, 4) is 0 Å². The molecule has 88 valence electrons. The number of ether oxygens (including phenoxy) is 1. The molecular formula is C5H10BNaO9. The zero-order valence-corrected chi connectivity index (χ0v) is 10.8. The average molecular weight is 248 g/mol. The fourth-order valence-electron chi connectivity index (χ4n) is 0.231. The first-order chi connectivity index (χ1) is 6.91. The Balaban J connectivity index is -0.000000292. The van der Waals surface area contributed by atoms with Crippen LogP contribution in [-0.2, 0) is 24.1 Å². The Kier molecular flexibility index (Phi) is 19.5. The number of carboxylic acid groups (broad SMARTS) is 1. The largest absolute Gasteiger partial charge is 1.00 e. The predicted molar refractivity (Wildman–Crippen MR) is 41.5 cm³/mol. The van der Waals surface area contributed by atoms with Crippen molar-refractivity contribution < 1.29 is 73.8 Å². The van der Waals surface area contributed by atoms with Crippen LogP contribution in [0.2, 0.25) is 0 Å². The van der Waals surface area contributed by atoms with Crippen molar-refractivity contribution >= 4 is 19.3 Å². The fourth-order valence-corrected chi connectivity index (χ4v) is 0.231. The Bertz CT molecular complexity index is 184. The number of hydrogen-bond acceptors (Lipinski definition) is 8. The number of rotatable bonds is 4. The van der Waals surface area contributed by atoms with Crippen LogP contribution in [0.4, 0.5) is 0 Å². The maximum atomic E-state index is 10.1. The second-order valence-corrected chi connectivity index (χ2v) is 1.73. The Hall–Kier alpha value is -0.195. The summed E-state index contributed by atoms with van der Waals surface area (Å²) in [5.41, 5.74) is 0. The van der Waals surface area contributed by atoms with Gasteiger partial charge >= 0.3 is 48.8 Å². The molecule has 0 aliphatic carbocycles. The van der Waals surface area contributed by atoms with Crippen molar-refractivity contribution in [2.75, 3.05) is 13.4 Å². The van der Waals surface area contributed by atoms with Gasteiger partial charge in [-0.2, -0.15) is 4.89 Å². The molecule has 0 aliphatic heterocycles. The molecule has 0 saturated heterocycles. The van der Waals surface area contributed by atoms with Crippen LogP contribution in [0.25, 0.3) is 0 Å². The summed E-state index contributed by atoms with van der Waals surface area (Å²) < 4.78 is 4.57. The van der Waals surface area contributed by atoms with E-state index in [1.165, 1.54) is 0 Å². The van der Waals surface area contributed by atoms with Crippen molar-refractivity contribution in [2.45, 2.75) is 6.92 Å². The third-order valence-electron chi connectivity index (χ3n) is 0.645. The van der Waals surface area contributed by atoms with Gasteiger partial charge in [0.25, 0.3) is 0 Å². The Morgan fingerprint density at radius 3 is 2.12 bits per heavy atom. The minimum absolute atomic E-state index is 0. The molecule has 3 N–H and O–H groups in total. The van der Waals surface area contributed by atoms with Crippen LogP contribution in [-0.4, -0.2) is 47.8 Å². The average Bonchev–Trinajstić information content (AvgIpc) is 2.11. The maximum Gasteiger partial charge on any atom is 1.00 e. The number of hydrogen-bond donors (Lipinski definition) is 3. The van der Waals surface area contributed by atoms with E-state index in [2.05, 4.69) is 14.5 Å². The molecule has 0 fully saturated rings. The first-order valence-corrected chi connectivity index (χ1v) is 3.58. The minimum atomic E-state index is -2.42. The summed E-state index contributed by atoms with van der Waals surface area (Å²) in [5, 5.41) is 30.7. The molecule has 11 heteroatoms. The molecule has 0 aliphatic rings. The summed E-state index contributed by atoms with van der Waals surface area (Å²) in [6.45, 7) is 1.84. The molecule has 0 aromatic heterocycles. The van der Waals surface area contributed by atoms with Crippen LogP contribution in [0, 0.1) is 0 Å². The van der Waals surface area contributed by atoms with Gasteiger partial charge in [0.15, 0.2) is 6.79 Å². The SMILES string of the molecule is CCOCOOC(=O)C(=O)O.[Na+].[O-]B(O)O. The molecule has 0 unspecified atom stereocenters. The molecule has 0 saturated carbocycles. The van der Waals surface area contributed by atoms with Crippen LogP contribution < -0.4 is 34.6 Å². The quantitative estimate of drug-likeness (QED) is 0.110. The zero-order valence-electron chi connectivity index (χ0n) is 8.78. The van der Waals surface area contributed by atoms with Crippen LogP contribution in [0.1, 0.15) is 6.92 Å². The third-order valence-corrected chi connectivity index (χ3v) is 0.645. The summed E-state index contributed by atoms with van der Waals surface area (Å²) in [6.07, 6.45) is 0. The van der Waals surface area contributed by atoms with E-state index in [1.54, 1.807) is 6.92 Å². The summed E-state index contributed by atoms with van der Waals surface area (Å²) in [6, 6.07) is 0. The van der Waals surface area contributed by atoms with Gasteiger partial charge in [0.05, 0.1) is 0 Å². The second kappa shape index (κ2) is 14.8. The number of carbonyl (C=O) groups excluding carboxylic acids is 1. The van der Waals surface area contributed by atoms with E-state index in [1.807, 2.05) is 0 Å². The smallest absolute Gasteiger partial charge is 0.832 e. The molecule has 0 aromatic rings. The molecule has 0 atom stereocenters. The van der Waals surface area contributed by atoms with E-state index in [0.29, 0.717) is 6.61 Å². The first-order valence-electron chi connectivity index (χ1n) is 3.58. The number of carboxylic acids is 1. The fraction of sp³-hybridized carbons (Fsp3) is 0.600. The van der Waals surface area contributed by atoms with E-state index in [9.17, 15) is 9.59 Å². The summed E-state index contributed by atoms with van der Waals surface area (Å²) >= 11 is 0. The van der Waals surface area contributed by atoms with Crippen LogP contribution in [0.3, 0.4) is 0 Å². The molecule has 0 rings (SSSR count). The first kappa shape index (κ1) is 21.1. The number of carbonyl (C=O) groups is 2. The monoisotopic (exact) mass is 248 g/mol. The van der Waals surface area contributed by atoms with Gasteiger partial charge < -0.3 is 24.9 Å². The zero-order chi connectivity index (χ0) is 12.3. The topological polar surface area (TPSA) is 146 Å². The summed E-state index contributed by atoms with van der Waals surface area (Å²) in [4.78, 5) is 27.7. The predicted octanol–water partition coefficient (Wildman–Crippen LogP) is -6.14. The van der Waals surface area contributed by atoms with Gasteiger partial charge in [-0.3, -0.25) is 4.89 Å². The van der Waals surface area contributed by atoms with Crippen LogP contribution in [0.5, 0.6) is 0 Å². The van der Waals surface area contributed by atoms with Crippen molar-refractivity contribution in [1.29, 1.82) is 0 Å². The molecule has 0 amide bonds. The van der Waals surface area contributed by atoms with E-state index in [4.69, 9.17) is 20.2 Å². The van der Waals surface area contributed by atoms with Gasteiger partial charge in [0.2, 0.25) is 0 Å².